The van der Waals surface area contributed by atoms with Crippen LogP contribution < -0.4 is 4.90 Å². The van der Waals surface area contributed by atoms with E-state index in [0.717, 1.165) is 22.7 Å². The average molecular weight is 663 g/mol. The molecule has 0 aliphatic rings. The maximum absolute atomic E-state index is 2.39. The highest BCUT2D eigenvalue weighted by molar-refractivity contribution is 6.14. The first-order chi connectivity index (χ1) is 25.8. The van der Waals surface area contributed by atoms with Crippen LogP contribution in [0.3, 0.4) is 0 Å². The molecule has 9 aromatic carbocycles. The fraction of sp³-hybridized carbons (Fsp3) is 0. The second-order valence-corrected chi connectivity index (χ2v) is 13.4. The summed E-state index contributed by atoms with van der Waals surface area (Å²) in [5.41, 5.74) is 11.6. The number of para-hydroxylation sites is 2. The molecular weight excluding hydrogens is 629 g/mol. The number of aromatic nitrogens is 1. The predicted molar refractivity (Wildman–Crippen MR) is 221 cm³/mol. The Morgan fingerprint density at radius 1 is 0.308 bits per heavy atom. The van der Waals surface area contributed by atoms with Gasteiger partial charge in [0, 0.05) is 33.5 Å². The highest BCUT2D eigenvalue weighted by atomic mass is 15.1. The van der Waals surface area contributed by atoms with Gasteiger partial charge in [-0.2, -0.15) is 0 Å². The van der Waals surface area contributed by atoms with E-state index in [-0.39, 0.29) is 0 Å². The highest BCUT2D eigenvalue weighted by Crippen LogP contribution is 2.42. The molecule has 2 heteroatoms. The highest BCUT2D eigenvalue weighted by Gasteiger charge is 2.18. The Kier molecular flexibility index (Phi) is 7.18. The fourth-order valence-corrected chi connectivity index (χ4v) is 7.94. The first-order valence-corrected chi connectivity index (χ1v) is 17.9. The first-order valence-electron chi connectivity index (χ1n) is 17.9. The molecule has 0 saturated heterocycles. The number of hydrogen-bond donors (Lipinski definition) is 0. The summed E-state index contributed by atoms with van der Waals surface area (Å²) in [5, 5.41) is 7.56. The molecule has 1 aromatic heterocycles. The van der Waals surface area contributed by atoms with Crippen LogP contribution in [-0.4, -0.2) is 4.57 Å². The molecule has 0 saturated carbocycles. The van der Waals surface area contributed by atoms with Gasteiger partial charge in [-0.15, -0.1) is 0 Å². The third-order valence-corrected chi connectivity index (χ3v) is 10.3. The summed E-state index contributed by atoms with van der Waals surface area (Å²) in [6.07, 6.45) is 0. The van der Waals surface area contributed by atoms with Crippen LogP contribution >= 0.6 is 0 Å². The minimum Gasteiger partial charge on any atom is -0.310 e. The Morgan fingerprint density at radius 3 is 1.71 bits per heavy atom. The van der Waals surface area contributed by atoms with E-state index in [9.17, 15) is 0 Å². The number of nitrogens with zero attached hydrogens (tertiary/aromatic N) is 2. The fourth-order valence-electron chi connectivity index (χ4n) is 7.94. The molecule has 0 aliphatic heterocycles. The summed E-state index contributed by atoms with van der Waals surface area (Å²) >= 11 is 0. The Bertz CT molecular complexity index is 2890. The van der Waals surface area contributed by atoms with Crippen molar-refractivity contribution in [1.29, 1.82) is 0 Å². The summed E-state index contributed by atoms with van der Waals surface area (Å²) < 4.78 is 2.39. The van der Waals surface area contributed by atoms with Crippen LogP contribution in [0.15, 0.2) is 206 Å². The first kappa shape index (κ1) is 30.0. The summed E-state index contributed by atoms with van der Waals surface area (Å²) in [6.45, 7) is 0. The maximum atomic E-state index is 2.39. The minimum absolute atomic E-state index is 1.10. The van der Waals surface area contributed by atoms with Crippen LogP contribution in [0.5, 0.6) is 0 Å². The lowest BCUT2D eigenvalue weighted by atomic mass is 9.93. The molecule has 0 unspecified atom stereocenters. The zero-order valence-electron chi connectivity index (χ0n) is 28.5. The summed E-state index contributed by atoms with van der Waals surface area (Å²) in [6, 6.07) is 74.7. The standard InChI is InChI=1S/C50H34N2/c1-3-14-35(15-4-1)37-17-13-20-41(32-37)51(42-30-31-47-46-24-11-12-25-49(46)52(50(47)34-42)39-18-5-2-6-19-39)40-28-26-36(27-29-40)48-33-38-16-7-8-21-43(38)44-22-9-10-23-45(44)48/h1-34H. The number of fused-ring (bicyclic) bond motifs is 6. The topological polar surface area (TPSA) is 8.17 Å². The minimum atomic E-state index is 1.10. The van der Waals surface area contributed by atoms with Gasteiger partial charge in [0.05, 0.1) is 11.0 Å². The molecule has 0 N–H and O–H groups in total. The van der Waals surface area contributed by atoms with E-state index >= 15 is 0 Å². The molecule has 0 aliphatic carbocycles. The van der Waals surface area contributed by atoms with Crippen molar-refractivity contribution in [3.63, 3.8) is 0 Å². The monoisotopic (exact) mass is 662 g/mol. The lowest BCUT2D eigenvalue weighted by Crippen LogP contribution is -2.10. The van der Waals surface area contributed by atoms with Crippen LogP contribution in [0.25, 0.3) is 71.3 Å². The van der Waals surface area contributed by atoms with Gasteiger partial charge in [0.25, 0.3) is 0 Å². The second kappa shape index (κ2) is 12.5. The molecule has 0 atom stereocenters. The van der Waals surface area contributed by atoms with E-state index in [1.54, 1.807) is 0 Å². The van der Waals surface area contributed by atoms with Gasteiger partial charge in [-0.3, -0.25) is 0 Å². The third-order valence-electron chi connectivity index (χ3n) is 10.3. The maximum Gasteiger partial charge on any atom is 0.0561 e. The van der Waals surface area contributed by atoms with Crippen molar-refractivity contribution in [2.75, 3.05) is 4.90 Å². The molecule has 2 nitrogen and oxygen atoms in total. The molecule has 244 valence electrons. The molecule has 10 rings (SSSR count). The van der Waals surface area contributed by atoms with Gasteiger partial charge in [-0.1, -0.05) is 146 Å². The Labute approximate surface area is 303 Å². The van der Waals surface area contributed by atoms with E-state index in [1.165, 1.54) is 65.6 Å². The zero-order valence-corrected chi connectivity index (χ0v) is 28.5. The van der Waals surface area contributed by atoms with Gasteiger partial charge in [0.2, 0.25) is 0 Å². The molecule has 0 spiro atoms. The number of benzene rings is 9. The van der Waals surface area contributed by atoms with Crippen molar-refractivity contribution < 1.29 is 0 Å². The van der Waals surface area contributed by atoms with Crippen molar-refractivity contribution in [3.8, 4) is 27.9 Å². The molecule has 52 heavy (non-hydrogen) atoms. The van der Waals surface area contributed by atoms with Gasteiger partial charge in [0.1, 0.15) is 0 Å². The van der Waals surface area contributed by atoms with E-state index in [2.05, 4.69) is 216 Å². The average Bonchev–Trinajstić information content (AvgIpc) is 3.55. The largest absolute Gasteiger partial charge is 0.310 e. The second-order valence-electron chi connectivity index (χ2n) is 13.4. The molecule has 0 radical (unpaired) electrons. The molecule has 10 aromatic rings. The van der Waals surface area contributed by atoms with Gasteiger partial charge < -0.3 is 9.47 Å². The number of rotatable bonds is 6. The van der Waals surface area contributed by atoms with Crippen LogP contribution in [0.4, 0.5) is 17.1 Å². The van der Waals surface area contributed by atoms with Gasteiger partial charge in [0.15, 0.2) is 0 Å². The molecule has 0 bridgehead atoms. The van der Waals surface area contributed by atoms with Crippen molar-refractivity contribution in [1.82, 2.24) is 4.57 Å². The van der Waals surface area contributed by atoms with Crippen molar-refractivity contribution in [3.05, 3.63) is 206 Å². The predicted octanol–water partition coefficient (Wildman–Crippen LogP) is 13.9. The molecule has 1 heterocycles. The Balaban J connectivity index is 1.17. The van der Waals surface area contributed by atoms with Crippen LogP contribution in [0.1, 0.15) is 0 Å². The van der Waals surface area contributed by atoms with E-state index in [0.29, 0.717) is 0 Å². The van der Waals surface area contributed by atoms with Crippen LogP contribution in [0.2, 0.25) is 0 Å². The lowest BCUT2D eigenvalue weighted by molar-refractivity contribution is 1.18. The molecule has 0 fully saturated rings. The van der Waals surface area contributed by atoms with Gasteiger partial charge in [-0.05, 0) is 104 Å². The van der Waals surface area contributed by atoms with Crippen molar-refractivity contribution in [2.24, 2.45) is 0 Å². The van der Waals surface area contributed by atoms with Gasteiger partial charge in [-0.25, -0.2) is 0 Å². The number of hydrogen-bond acceptors (Lipinski definition) is 1. The van der Waals surface area contributed by atoms with Crippen LogP contribution in [-0.2, 0) is 0 Å². The van der Waals surface area contributed by atoms with Crippen molar-refractivity contribution in [2.45, 2.75) is 0 Å². The molecule has 0 amide bonds. The van der Waals surface area contributed by atoms with E-state index in [1.807, 2.05) is 0 Å². The smallest absolute Gasteiger partial charge is 0.0561 e. The summed E-state index contributed by atoms with van der Waals surface area (Å²) in [5.74, 6) is 0. The van der Waals surface area contributed by atoms with Gasteiger partial charge >= 0.3 is 0 Å². The zero-order chi connectivity index (χ0) is 34.4. The number of anilines is 3. The molecular formula is C50H34N2. The SMILES string of the molecule is c1ccc(-c2cccc(N(c3ccc(-c4cc5ccccc5c5ccccc45)cc3)c3ccc4c5ccccc5n(-c5ccccc5)c4c3)c2)cc1. The normalized spacial score (nSPS) is 11.5. The quantitative estimate of drug-likeness (QED) is 0.161. The van der Waals surface area contributed by atoms with E-state index < -0.39 is 0 Å². The third kappa shape index (κ3) is 5.04. The van der Waals surface area contributed by atoms with E-state index in [4.69, 9.17) is 0 Å². The summed E-state index contributed by atoms with van der Waals surface area (Å²) in [4.78, 5) is 2.39. The van der Waals surface area contributed by atoms with Crippen molar-refractivity contribution >= 4 is 60.4 Å². The Hall–Kier alpha value is -6.90. The van der Waals surface area contributed by atoms with Crippen LogP contribution in [0, 0.1) is 0 Å². The Morgan fingerprint density at radius 2 is 0.904 bits per heavy atom. The summed E-state index contributed by atoms with van der Waals surface area (Å²) in [7, 11) is 0. The lowest BCUT2D eigenvalue weighted by Gasteiger charge is -2.26.